The number of rotatable bonds is 3. The summed E-state index contributed by atoms with van der Waals surface area (Å²) in [5, 5.41) is 0. The lowest BCUT2D eigenvalue weighted by Gasteiger charge is -2.34. The van der Waals surface area contributed by atoms with Crippen LogP contribution < -0.4 is 0 Å². The molecule has 2 heterocycles. The summed E-state index contributed by atoms with van der Waals surface area (Å²) in [6, 6.07) is 14.0. The summed E-state index contributed by atoms with van der Waals surface area (Å²) in [5.41, 5.74) is 2.05. The van der Waals surface area contributed by atoms with E-state index in [0.29, 0.717) is 0 Å². The molecule has 4 heteroatoms. The summed E-state index contributed by atoms with van der Waals surface area (Å²) >= 11 is 0. The number of carbonyl (C=O) groups is 1. The van der Waals surface area contributed by atoms with Gasteiger partial charge >= 0.3 is 0 Å². The molecule has 108 valence electrons. The first-order valence-corrected chi connectivity index (χ1v) is 7.28. The van der Waals surface area contributed by atoms with Crippen molar-refractivity contribution in [3.05, 3.63) is 66.0 Å². The van der Waals surface area contributed by atoms with E-state index in [9.17, 15) is 4.79 Å². The second kappa shape index (κ2) is 6.50. The van der Waals surface area contributed by atoms with Gasteiger partial charge in [0.2, 0.25) is 0 Å². The zero-order valence-electron chi connectivity index (χ0n) is 12.0. The molecule has 1 aliphatic rings. The van der Waals surface area contributed by atoms with Crippen molar-refractivity contribution in [2.75, 3.05) is 26.2 Å². The fourth-order valence-corrected chi connectivity index (χ4v) is 2.63. The summed E-state index contributed by atoms with van der Waals surface area (Å²) < 4.78 is 0. The summed E-state index contributed by atoms with van der Waals surface area (Å²) in [5.74, 6) is 0.108. The molecule has 0 radical (unpaired) electrons. The quantitative estimate of drug-likeness (QED) is 0.864. The number of carbonyl (C=O) groups excluding carboxylic acids is 1. The fraction of sp³-hybridized carbons (Fsp3) is 0.294. The van der Waals surface area contributed by atoms with E-state index in [4.69, 9.17) is 0 Å². The number of pyridine rings is 1. The molecular weight excluding hydrogens is 262 g/mol. The maximum absolute atomic E-state index is 12.3. The van der Waals surface area contributed by atoms with E-state index in [2.05, 4.69) is 34.1 Å². The minimum Gasteiger partial charge on any atom is -0.336 e. The van der Waals surface area contributed by atoms with Gasteiger partial charge in [0.25, 0.3) is 5.91 Å². The highest BCUT2D eigenvalue weighted by Gasteiger charge is 2.21. The van der Waals surface area contributed by atoms with E-state index < -0.39 is 0 Å². The van der Waals surface area contributed by atoms with Gasteiger partial charge in [0.15, 0.2) is 0 Å². The first-order chi connectivity index (χ1) is 10.3. The lowest BCUT2D eigenvalue weighted by Crippen LogP contribution is -2.48. The molecule has 1 fully saturated rings. The molecule has 0 unspecified atom stereocenters. The highest BCUT2D eigenvalue weighted by molar-refractivity contribution is 5.94. The maximum atomic E-state index is 12.3. The van der Waals surface area contributed by atoms with Crippen LogP contribution in [0.15, 0.2) is 54.9 Å². The molecule has 1 aromatic carbocycles. The molecule has 0 N–H and O–H groups in total. The van der Waals surface area contributed by atoms with Gasteiger partial charge in [-0.1, -0.05) is 30.3 Å². The molecule has 0 aliphatic carbocycles. The zero-order valence-corrected chi connectivity index (χ0v) is 12.0. The van der Waals surface area contributed by atoms with E-state index in [1.807, 2.05) is 11.0 Å². The second-order valence-corrected chi connectivity index (χ2v) is 5.29. The van der Waals surface area contributed by atoms with Crippen LogP contribution in [0, 0.1) is 0 Å². The molecule has 1 saturated heterocycles. The predicted octanol–water partition coefficient (Wildman–Crippen LogP) is 2.04. The minimum atomic E-state index is 0.108. The molecule has 0 atom stereocenters. The van der Waals surface area contributed by atoms with Crippen molar-refractivity contribution in [1.82, 2.24) is 14.8 Å². The van der Waals surface area contributed by atoms with Gasteiger partial charge in [-0.15, -0.1) is 0 Å². The smallest absolute Gasteiger partial charge is 0.254 e. The highest BCUT2D eigenvalue weighted by Crippen LogP contribution is 2.11. The van der Waals surface area contributed by atoms with Gasteiger partial charge in [-0.3, -0.25) is 14.7 Å². The predicted molar refractivity (Wildman–Crippen MR) is 81.9 cm³/mol. The summed E-state index contributed by atoms with van der Waals surface area (Å²) in [7, 11) is 0. The van der Waals surface area contributed by atoms with Crippen molar-refractivity contribution in [2.24, 2.45) is 0 Å². The number of hydrogen-bond donors (Lipinski definition) is 0. The van der Waals surface area contributed by atoms with Gasteiger partial charge in [0.05, 0.1) is 0 Å². The molecule has 3 rings (SSSR count). The number of nitrogens with zero attached hydrogens (tertiary/aromatic N) is 3. The van der Waals surface area contributed by atoms with Crippen LogP contribution in [0.25, 0.3) is 0 Å². The highest BCUT2D eigenvalue weighted by atomic mass is 16.2. The first kappa shape index (κ1) is 13.8. The van der Waals surface area contributed by atoms with Crippen LogP contribution in [0.4, 0.5) is 0 Å². The van der Waals surface area contributed by atoms with Crippen LogP contribution in [-0.4, -0.2) is 46.9 Å². The maximum Gasteiger partial charge on any atom is 0.254 e. The van der Waals surface area contributed by atoms with Gasteiger partial charge in [0, 0.05) is 50.7 Å². The fourth-order valence-electron chi connectivity index (χ4n) is 2.63. The Balaban J connectivity index is 1.54. The third-order valence-corrected chi connectivity index (χ3v) is 3.84. The van der Waals surface area contributed by atoms with Crippen molar-refractivity contribution in [3.8, 4) is 0 Å². The Kier molecular flexibility index (Phi) is 4.26. The van der Waals surface area contributed by atoms with Gasteiger partial charge in [-0.2, -0.15) is 0 Å². The Hall–Kier alpha value is -2.20. The van der Waals surface area contributed by atoms with Gasteiger partial charge < -0.3 is 4.90 Å². The van der Waals surface area contributed by atoms with E-state index in [1.54, 1.807) is 24.5 Å². The van der Waals surface area contributed by atoms with E-state index in [1.165, 1.54) is 5.56 Å². The number of piperazine rings is 1. The summed E-state index contributed by atoms with van der Waals surface area (Å²) in [6.07, 6.45) is 3.33. The molecule has 1 aromatic heterocycles. The SMILES string of the molecule is O=C(c1ccncc1)N1CCN(Cc2ccccc2)CC1. The molecule has 0 saturated carbocycles. The Morgan fingerprint density at radius 1 is 0.952 bits per heavy atom. The molecule has 1 amide bonds. The Morgan fingerprint density at radius 3 is 2.29 bits per heavy atom. The van der Waals surface area contributed by atoms with Crippen LogP contribution in [0.1, 0.15) is 15.9 Å². The molecule has 4 nitrogen and oxygen atoms in total. The Bertz CT molecular complexity index is 577. The monoisotopic (exact) mass is 281 g/mol. The Labute approximate surface area is 125 Å². The van der Waals surface area contributed by atoms with Crippen LogP contribution in [0.2, 0.25) is 0 Å². The average molecular weight is 281 g/mol. The largest absolute Gasteiger partial charge is 0.336 e. The topological polar surface area (TPSA) is 36.4 Å². The van der Waals surface area contributed by atoms with Crippen LogP contribution >= 0.6 is 0 Å². The van der Waals surface area contributed by atoms with Crippen molar-refractivity contribution in [2.45, 2.75) is 6.54 Å². The number of hydrogen-bond acceptors (Lipinski definition) is 3. The molecule has 1 aliphatic heterocycles. The third-order valence-electron chi connectivity index (χ3n) is 3.84. The van der Waals surface area contributed by atoms with Crippen molar-refractivity contribution >= 4 is 5.91 Å². The van der Waals surface area contributed by atoms with Crippen molar-refractivity contribution in [1.29, 1.82) is 0 Å². The van der Waals surface area contributed by atoms with Crippen LogP contribution in [0.5, 0.6) is 0 Å². The molecule has 2 aromatic rings. The number of aromatic nitrogens is 1. The third kappa shape index (κ3) is 3.47. The second-order valence-electron chi connectivity index (χ2n) is 5.29. The van der Waals surface area contributed by atoms with E-state index in [-0.39, 0.29) is 5.91 Å². The molecular formula is C17H19N3O. The molecule has 21 heavy (non-hydrogen) atoms. The van der Waals surface area contributed by atoms with Crippen molar-refractivity contribution in [3.63, 3.8) is 0 Å². The van der Waals surface area contributed by atoms with E-state index in [0.717, 1.165) is 38.3 Å². The lowest BCUT2D eigenvalue weighted by molar-refractivity contribution is 0.0628. The lowest BCUT2D eigenvalue weighted by atomic mass is 10.2. The number of amides is 1. The standard InChI is InChI=1S/C17H19N3O/c21-17(16-6-8-18-9-7-16)20-12-10-19(11-13-20)14-15-4-2-1-3-5-15/h1-9H,10-14H2. The normalized spacial score (nSPS) is 15.9. The van der Waals surface area contributed by atoms with Crippen LogP contribution in [-0.2, 0) is 6.54 Å². The Morgan fingerprint density at radius 2 is 1.62 bits per heavy atom. The summed E-state index contributed by atoms with van der Waals surface area (Å²) in [6.45, 7) is 4.37. The van der Waals surface area contributed by atoms with Crippen LogP contribution in [0.3, 0.4) is 0 Å². The van der Waals surface area contributed by atoms with E-state index >= 15 is 0 Å². The molecule has 0 bridgehead atoms. The average Bonchev–Trinajstić information content (AvgIpc) is 2.57. The first-order valence-electron chi connectivity index (χ1n) is 7.28. The minimum absolute atomic E-state index is 0.108. The summed E-state index contributed by atoms with van der Waals surface area (Å²) in [4.78, 5) is 20.6. The van der Waals surface area contributed by atoms with Gasteiger partial charge in [-0.25, -0.2) is 0 Å². The zero-order chi connectivity index (χ0) is 14.5. The number of benzene rings is 1. The van der Waals surface area contributed by atoms with Gasteiger partial charge in [0.1, 0.15) is 0 Å². The molecule has 0 spiro atoms. The van der Waals surface area contributed by atoms with Gasteiger partial charge in [-0.05, 0) is 17.7 Å². The van der Waals surface area contributed by atoms with Crippen molar-refractivity contribution < 1.29 is 4.79 Å².